The second-order valence-corrected chi connectivity index (χ2v) is 3.43. The molecule has 0 saturated heterocycles. The molecule has 4 heteroatoms. The molecule has 76 valence electrons. The molecule has 0 spiro atoms. The van der Waals surface area contributed by atoms with Gasteiger partial charge in [0.05, 0.1) is 29.3 Å². The lowest BCUT2D eigenvalue weighted by molar-refractivity contribution is -0.118. The van der Waals surface area contributed by atoms with Crippen molar-refractivity contribution in [1.29, 1.82) is 0 Å². The number of nitrogens with one attached hydrogen (secondary N) is 1. The lowest BCUT2D eigenvalue weighted by Gasteiger charge is -1.94. The van der Waals surface area contributed by atoms with E-state index < -0.39 is 0 Å². The standard InChI is InChI=1S/C10H12INO2/c1-2-3-4-8-5-6-9(14-8)7-10(13)12-11/h2,5-6H,1,3-4,7H2,(H,12,13). The van der Waals surface area contributed by atoms with Gasteiger partial charge in [-0.25, -0.2) is 0 Å². The van der Waals surface area contributed by atoms with Gasteiger partial charge in [0.2, 0.25) is 5.91 Å². The molecule has 1 N–H and O–H groups in total. The zero-order valence-corrected chi connectivity index (χ0v) is 9.91. The first-order valence-corrected chi connectivity index (χ1v) is 5.42. The topological polar surface area (TPSA) is 42.2 Å². The molecular formula is C10H12INO2. The average Bonchev–Trinajstić information content (AvgIpc) is 2.62. The van der Waals surface area contributed by atoms with E-state index in [-0.39, 0.29) is 5.91 Å². The van der Waals surface area contributed by atoms with Gasteiger partial charge in [0.1, 0.15) is 11.5 Å². The molecule has 0 aromatic carbocycles. The number of hydrogen-bond donors (Lipinski definition) is 1. The van der Waals surface area contributed by atoms with Crippen molar-refractivity contribution in [3.05, 3.63) is 36.3 Å². The maximum absolute atomic E-state index is 11.0. The molecule has 0 aliphatic rings. The fraction of sp³-hybridized carbons (Fsp3) is 0.300. The minimum atomic E-state index is -0.0461. The van der Waals surface area contributed by atoms with E-state index in [4.69, 9.17) is 4.42 Å². The number of rotatable bonds is 5. The van der Waals surface area contributed by atoms with E-state index in [9.17, 15) is 4.79 Å². The van der Waals surface area contributed by atoms with Gasteiger partial charge in [-0.3, -0.25) is 8.32 Å². The van der Waals surface area contributed by atoms with Crippen LogP contribution in [0.15, 0.2) is 29.2 Å². The van der Waals surface area contributed by atoms with Gasteiger partial charge < -0.3 is 4.42 Å². The van der Waals surface area contributed by atoms with Crippen LogP contribution in [0.1, 0.15) is 17.9 Å². The van der Waals surface area contributed by atoms with Crippen LogP contribution >= 0.6 is 22.9 Å². The molecule has 0 aliphatic heterocycles. The normalized spacial score (nSPS) is 9.79. The van der Waals surface area contributed by atoms with Gasteiger partial charge in [-0.2, -0.15) is 0 Å². The molecule has 0 atom stereocenters. The van der Waals surface area contributed by atoms with Crippen LogP contribution in [0.5, 0.6) is 0 Å². The van der Waals surface area contributed by atoms with Crippen molar-refractivity contribution in [2.75, 3.05) is 0 Å². The van der Waals surface area contributed by atoms with E-state index in [2.05, 4.69) is 10.1 Å². The fourth-order valence-corrected chi connectivity index (χ4v) is 1.28. The Morgan fingerprint density at radius 2 is 2.29 bits per heavy atom. The van der Waals surface area contributed by atoms with Gasteiger partial charge in [0, 0.05) is 6.42 Å². The van der Waals surface area contributed by atoms with Crippen LogP contribution in [0.25, 0.3) is 0 Å². The summed E-state index contributed by atoms with van der Waals surface area (Å²) in [6.07, 6.45) is 3.89. The summed E-state index contributed by atoms with van der Waals surface area (Å²) in [7, 11) is 0. The third-order valence-electron chi connectivity index (χ3n) is 1.75. The first kappa shape index (κ1) is 11.3. The van der Waals surface area contributed by atoms with Crippen LogP contribution in [0.4, 0.5) is 0 Å². The SMILES string of the molecule is C=CCCc1ccc(CC(=O)NI)o1. The summed E-state index contributed by atoms with van der Waals surface area (Å²) in [4.78, 5) is 11.0. The number of halogens is 1. The van der Waals surface area contributed by atoms with Gasteiger partial charge in [-0.1, -0.05) is 6.08 Å². The van der Waals surface area contributed by atoms with Crippen LogP contribution in [0.3, 0.4) is 0 Å². The molecule has 14 heavy (non-hydrogen) atoms. The number of carbonyl (C=O) groups is 1. The maximum atomic E-state index is 11.0. The monoisotopic (exact) mass is 305 g/mol. The summed E-state index contributed by atoms with van der Waals surface area (Å²) in [5, 5.41) is 0. The Labute approximate surface area is 97.1 Å². The Balaban J connectivity index is 2.50. The summed E-state index contributed by atoms with van der Waals surface area (Å²) in [5.41, 5.74) is 0. The van der Waals surface area contributed by atoms with Crippen molar-refractivity contribution in [2.24, 2.45) is 0 Å². The van der Waals surface area contributed by atoms with Crippen molar-refractivity contribution in [3.8, 4) is 0 Å². The molecule has 0 saturated carbocycles. The summed E-state index contributed by atoms with van der Waals surface area (Å²) < 4.78 is 7.97. The number of aryl methyl sites for hydroxylation is 1. The molecule has 1 amide bonds. The molecule has 1 heterocycles. The summed E-state index contributed by atoms with van der Waals surface area (Å²) in [6, 6.07) is 3.74. The Hall–Kier alpha value is -0.780. The quantitative estimate of drug-likeness (QED) is 0.516. The third-order valence-corrected chi connectivity index (χ3v) is 2.35. The Kier molecular flexibility index (Phi) is 4.72. The number of amides is 1. The number of furan rings is 1. The fourth-order valence-electron chi connectivity index (χ4n) is 1.09. The molecule has 1 aromatic heterocycles. The highest BCUT2D eigenvalue weighted by atomic mass is 127. The largest absolute Gasteiger partial charge is 0.466 e. The molecule has 0 fully saturated rings. The zero-order chi connectivity index (χ0) is 10.4. The Morgan fingerprint density at radius 3 is 2.93 bits per heavy atom. The van der Waals surface area contributed by atoms with E-state index in [1.807, 2.05) is 41.1 Å². The predicted octanol–water partition coefficient (Wildman–Crippen LogP) is 2.41. The van der Waals surface area contributed by atoms with Gasteiger partial charge in [-0.05, 0) is 18.6 Å². The predicted molar refractivity (Wildman–Crippen MR) is 63.1 cm³/mol. The van der Waals surface area contributed by atoms with Crippen LogP contribution in [-0.4, -0.2) is 5.91 Å². The molecule has 0 radical (unpaired) electrons. The highest BCUT2D eigenvalue weighted by molar-refractivity contribution is 14.1. The minimum absolute atomic E-state index is 0.0461. The second-order valence-electron chi connectivity index (χ2n) is 2.89. The smallest absolute Gasteiger partial charge is 0.236 e. The molecule has 0 aliphatic carbocycles. The number of allylic oxidation sites excluding steroid dienone is 1. The molecule has 1 aromatic rings. The second kappa shape index (κ2) is 5.85. The Morgan fingerprint density at radius 1 is 1.57 bits per heavy atom. The van der Waals surface area contributed by atoms with Gasteiger partial charge in [0.25, 0.3) is 0 Å². The van der Waals surface area contributed by atoms with Gasteiger partial charge in [0.15, 0.2) is 0 Å². The van der Waals surface area contributed by atoms with Crippen LogP contribution in [-0.2, 0) is 17.6 Å². The molecule has 3 nitrogen and oxygen atoms in total. The average molecular weight is 305 g/mol. The summed E-state index contributed by atoms with van der Waals surface area (Å²) in [6.45, 7) is 3.64. The molecule has 0 unspecified atom stereocenters. The highest BCUT2D eigenvalue weighted by Crippen LogP contribution is 2.10. The third kappa shape index (κ3) is 3.53. The zero-order valence-electron chi connectivity index (χ0n) is 7.75. The summed E-state index contributed by atoms with van der Waals surface area (Å²) in [5.74, 6) is 1.56. The van der Waals surface area contributed by atoms with E-state index in [0.29, 0.717) is 12.2 Å². The number of carbonyl (C=O) groups excluding carboxylic acids is 1. The molecular weight excluding hydrogens is 293 g/mol. The highest BCUT2D eigenvalue weighted by Gasteiger charge is 2.06. The summed E-state index contributed by atoms with van der Waals surface area (Å²) >= 11 is 1.82. The van der Waals surface area contributed by atoms with Crippen molar-refractivity contribution < 1.29 is 9.21 Å². The first-order chi connectivity index (χ1) is 6.76. The Bertz CT molecular complexity index is 320. The minimum Gasteiger partial charge on any atom is -0.466 e. The number of hydrogen-bond acceptors (Lipinski definition) is 2. The van der Waals surface area contributed by atoms with Crippen molar-refractivity contribution >= 4 is 28.8 Å². The van der Waals surface area contributed by atoms with Crippen LogP contribution < -0.4 is 3.53 Å². The van der Waals surface area contributed by atoms with Crippen LogP contribution in [0.2, 0.25) is 0 Å². The van der Waals surface area contributed by atoms with Gasteiger partial charge in [-0.15, -0.1) is 6.58 Å². The first-order valence-electron chi connectivity index (χ1n) is 4.34. The van der Waals surface area contributed by atoms with Crippen molar-refractivity contribution in [1.82, 2.24) is 3.53 Å². The van der Waals surface area contributed by atoms with E-state index in [1.54, 1.807) is 0 Å². The van der Waals surface area contributed by atoms with E-state index >= 15 is 0 Å². The lowest BCUT2D eigenvalue weighted by Crippen LogP contribution is -2.13. The molecule has 1 rings (SSSR count). The lowest BCUT2D eigenvalue weighted by atomic mass is 10.2. The van der Waals surface area contributed by atoms with Crippen LogP contribution in [0, 0.1) is 0 Å². The maximum Gasteiger partial charge on any atom is 0.236 e. The van der Waals surface area contributed by atoms with Crippen molar-refractivity contribution in [3.63, 3.8) is 0 Å². The molecule has 0 bridgehead atoms. The van der Waals surface area contributed by atoms with E-state index in [1.165, 1.54) is 0 Å². The van der Waals surface area contributed by atoms with Gasteiger partial charge >= 0.3 is 0 Å². The van der Waals surface area contributed by atoms with Crippen molar-refractivity contribution in [2.45, 2.75) is 19.3 Å². The van der Waals surface area contributed by atoms with E-state index in [0.717, 1.165) is 18.6 Å².